The molecule has 0 saturated heterocycles. The molecule has 0 aliphatic rings. The number of aryl methyl sites for hydroxylation is 1. The number of hydrogen-bond donors (Lipinski definition) is 2. The van der Waals surface area contributed by atoms with Crippen molar-refractivity contribution in [2.24, 2.45) is 0 Å². The fourth-order valence-corrected chi connectivity index (χ4v) is 2.15. The molecule has 0 spiro atoms. The van der Waals surface area contributed by atoms with Gasteiger partial charge < -0.3 is 11.1 Å². The molecule has 7 heteroatoms. The smallest absolute Gasteiger partial charge is 0.228 e. The molecule has 0 aliphatic carbocycles. The second kappa shape index (κ2) is 4.62. The molecule has 0 radical (unpaired) electrons. The zero-order chi connectivity index (χ0) is 12.4. The van der Waals surface area contributed by atoms with Crippen molar-refractivity contribution >= 4 is 23.2 Å². The van der Waals surface area contributed by atoms with Gasteiger partial charge in [0.15, 0.2) is 0 Å². The first kappa shape index (κ1) is 11.7. The van der Waals surface area contributed by atoms with Crippen molar-refractivity contribution < 1.29 is 4.39 Å². The fraction of sp³-hybridized carbons (Fsp3) is 0.300. The molecule has 2 heterocycles. The highest BCUT2D eigenvalue weighted by Gasteiger charge is 2.10. The van der Waals surface area contributed by atoms with Crippen molar-refractivity contribution in [1.82, 2.24) is 15.0 Å². The molecular formula is C10H12FN5S. The van der Waals surface area contributed by atoms with Crippen molar-refractivity contribution in [3.05, 3.63) is 28.0 Å². The monoisotopic (exact) mass is 253 g/mol. The maximum atomic E-state index is 12.9. The zero-order valence-corrected chi connectivity index (χ0v) is 10.3. The van der Waals surface area contributed by atoms with Crippen LogP contribution in [0.2, 0.25) is 0 Å². The van der Waals surface area contributed by atoms with Gasteiger partial charge in [0, 0.05) is 10.3 Å². The highest BCUT2D eigenvalue weighted by molar-refractivity contribution is 7.10. The van der Waals surface area contributed by atoms with Crippen LogP contribution in [0.5, 0.6) is 0 Å². The Morgan fingerprint density at radius 2 is 2.18 bits per heavy atom. The number of nitrogen functional groups attached to an aromatic ring is 1. The van der Waals surface area contributed by atoms with Crippen LogP contribution in [-0.4, -0.2) is 15.0 Å². The number of rotatable bonds is 3. The molecule has 0 aliphatic heterocycles. The Morgan fingerprint density at radius 1 is 1.41 bits per heavy atom. The molecule has 0 bridgehead atoms. The van der Waals surface area contributed by atoms with Crippen LogP contribution in [0.3, 0.4) is 0 Å². The van der Waals surface area contributed by atoms with Gasteiger partial charge in [-0.05, 0) is 19.9 Å². The molecule has 1 atom stereocenters. The van der Waals surface area contributed by atoms with E-state index in [0.29, 0.717) is 11.8 Å². The number of nitrogens with zero attached hydrogens (tertiary/aromatic N) is 3. The maximum absolute atomic E-state index is 12.9. The van der Waals surface area contributed by atoms with Crippen molar-refractivity contribution in [3.63, 3.8) is 0 Å². The van der Waals surface area contributed by atoms with Crippen molar-refractivity contribution in [3.8, 4) is 0 Å². The van der Waals surface area contributed by atoms with Crippen LogP contribution in [0.25, 0.3) is 0 Å². The third-order valence-electron chi connectivity index (χ3n) is 2.12. The summed E-state index contributed by atoms with van der Waals surface area (Å²) in [5.41, 5.74) is 5.52. The normalized spacial score (nSPS) is 12.4. The van der Waals surface area contributed by atoms with E-state index in [-0.39, 0.29) is 17.8 Å². The van der Waals surface area contributed by atoms with Crippen molar-refractivity contribution in [2.75, 3.05) is 11.1 Å². The van der Waals surface area contributed by atoms with E-state index in [2.05, 4.69) is 20.3 Å². The lowest BCUT2D eigenvalue weighted by Gasteiger charge is -2.12. The average molecular weight is 253 g/mol. The number of hydrogen-bond acceptors (Lipinski definition) is 6. The molecule has 2 aromatic rings. The lowest BCUT2D eigenvalue weighted by molar-refractivity contribution is 0.631. The predicted octanol–water partition coefficient (Wildman–Crippen LogP) is 2.14. The Hall–Kier alpha value is -1.76. The minimum Gasteiger partial charge on any atom is -0.368 e. The van der Waals surface area contributed by atoms with Gasteiger partial charge in [0.2, 0.25) is 11.9 Å². The first-order chi connectivity index (χ1) is 8.04. The lowest BCUT2D eigenvalue weighted by atomic mass is 10.3. The molecule has 5 nitrogen and oxygen atoms in total. The summed E-state index contributed by atoms with van der Waals surface area (Å²) in [6.07, 6.45) is 0. The van der Waals surface area contributed by atoms with Crippen LogP contribution in [-0.2, 0) is 0 Å². The summed E-state index contributed by atoms with van der Waals surface area (Å²) in [6.45, 7) is 3.64. The Balaban J connectivity index is 2.15. The molecule has 90 valence electrons. The summed E-state index contributed by atoms with van der Waals surface area (Å²) in [6, 6.07) is 1.41. The SMILES string of the molecule is Cc1nc(N)nc(NC(C)c2cc(F)cs2)n1. The van der Waals surface area contributed by atoms with Gasteiger partial charge in [0.05, 0.1) is 6.04 Å². The minimum atomic E-state index is -0.231. The van der Waals surface area contributed by atoms with Crippen LogP contribution < -0.4 is 11.1 Å². The molecule has 2 aromatic heterocycles. The van der Waals surface area contributed by atoms with E-state index >= 15 is 0 Å². The largest absolute Gasteiger partial charge is 0.368 e. The third-order valence-corrected chi connectivity index (χ3v) is 3.21. The van der Waals surface area contributed by atoms with E-state index in [1.165, 1.54) is 22.8 Å². The average Bonchev–Trinajstić information content (AvgIpc) is 2.63. The topological polar surface area (TPSA) is 76.7 Å². The summed E-state index contributed by atoms with van der Waals surface area (Å²) < 4.78 is 12.9. The van der Waals surface area contributed by atoms with Gasteiger partial charge in [-0.1, -0.05) is 0 Å². The molecular weight excluding hydrogens is 241 g/mol. The fourth-order valence-electron chi connectivity index (χ4n) is 1.39. The summed E-state index contributed by atoms with van der Waals surface area (Å²) in [5, 5.41) is 4.51. The van der Waals surface area contributed by atoms with E-state index in [9.17, 15) is 4.39 Å². The summed E-state index contributed by atoms with van der Waals surface area (Å²) in [5.74, 6) is 0.885. The molecule has 0 amide bonds. The van der Waals surface area contributed by atoms with Gasteiger partial charge in [-0.15, -0.1) is 11.3 Å². The molecule has 1 unspecified atom stereocenters. The van der Waals surface area contributed by atoms with Crippen LogP contribution in [0.4, 0.5) is 16.3 Å². The standard InChI is InChI=1S/C10H12FN5S/c1-5(8-3-7(11)4-17-8)13-10-15-6(2)14-9(12)16-10/h3-5H,1-2H3,(H3,12,13,14,15,16). The second-order valence-corrected chi connectivity index (χ2v) is 4.54. The van der Waals surface area contributed by atoms with Gasteiger partial charge in [-0.3, -0.25) is 0 Å². The Bertz CT molecular complexity index is 507. The number of aromatic nitrogens is 3. The van der Waals surface area contributed by atoms with Crippen LogP contribution in [0.1, 0.15) is 23.7 Å². The number of thiophene rings is 1. The molecule has 2 rings (SSSR count). The number of nitrogens with two attached hydrogens (primary N) is 1. The van der Waals surface area contributed by atoms with Gasteiger partial charge >= 0.3 is 0 Å². The molecule has 0 aromatic carbocycles. The molecule has 3 N–H and O–H groups in total. The lowest BCUT2D eigenvalue weighted by Crippen LogP contribution is -2.11. The number of halogens is 1. The van der Waals surface area contributed by atoms with Crippen molar-refractivity contribution in [2.45, 2.75) is 19.9 Å². The number of anilines is 2. The summed E-state index contributed by atoms with van der Waals surface area (Å²) >= 11 is 1.35. The van der Waals surface area contributed by atoms with Crippen LogP contribution >= 0.6 is 11.3 Å². The Kier molecular flexibility index (Phi) is 3.19. The van der Waals surface area contributed by atoms with Crippen LogP contribution in [0.15, 0.2) is 11.4 Å². The van der Waals surface area contributed by atoms with Gasteiger partial charge in [-0.2, -0.15) is 15.0 Å². The quantitative estimate of drug-likeness (QED) is 0.876. The van der Waals surface area contributed by atoms with E-state index in [1.54, 1.807) is 6.92 Å². The minimum absolute atomic E-state index is 0.0781. The van der Waals surface area contributed by atoms with Crippen LogP contribution in [0, 0.1) is 12.7 Å². The van der Waals surface area contributed by atoms with E-state index in [0.717, 1.165) is 4.88 Å². The number of nitrogens with one attached hydrogen (secondary N) is 1. The third kappa shape index (κ3) is 2.88. The zero-order valence-electron chi connectivity index (χ0n) is 9.44. The van der Waals surface area contributed by atoms with E-state index < -0.39 is 0 Å². The predicted molar refractivity (Wildman–Crippen MR) is 65.3 cm³/mol. The highest BCUT2D eigenvalue weighted by Crippen LogP contribution is 2.23. The Labute approximate surface area is 102 Å². The van der Waals surface area contributed by atoms with Gasteiger partial charge in [0.1, 0.15) is 11.6 Å². The molecule has 17 heavy (non-hydrogen) atoms. The maximum Gasteiger partial charge on any atom is 0.228 e. The van der Waals surface area contributed by atoms with Gasteiger partial charge in [-0.25, -0.2) is 4.39 Å². The van der Waals surface area contributed by atoms with E-state index in [1.807, 2.05) is 6.92 Å². The van der Waals surface area contributed by atoms with Crippen molar-refractivity contribution in [1.29, 1.82) is 0 Å². The first-order valence-electron chi connectivity index (χ1n) is 5.03. The van der Waals surface area contributed by atoms with Gasteiger partial charge in [0.25, 0.3) is 0 Å². The highest BCUT2D eigenvalue weighted by atomic mass is 32.1. The second-order valence-electron chi connectivity index (χ2n) is 3.60. The summed E-state index contributed by atoms with van der Waals surface area (Å²) in [4.78, 5) is 12.8. The summed E-state index contributed by atoms with van der Waals surface area (Å²) in [7, 11) is 0. The Morgan fingerprint density at radius 3 is 2.76 bits per heavy atom. The van der Waals surface area contributed by atoms with E-state index in [4.69, 9.17) is 5.73 Å². The molecule has 0 fully saturated rings. The molecule has 0 saturated carbocycles. The first-order valence-corrected chi connectivity index (χ1v) is 5.91.